The summed E-state index contributed by atoms with van der Waals surface area (Å²) in [6.07, 6.45) is 5.00. The number of sulfonamides is 1. The molecule has 0 bridgehead atoms. The number of benzene rings is 1. The van der Waals surface area contributed by atoms with E-state index < -0.39 is 20.7 Å². The molecule has 1 aromatic rings. The van der Waals surface area contributed by atoms with Crippen LogP contribution in [-0.4, -0.2) is 103 Å². The van der Waals surface area contributed by atoms with E-state index in [0.717, 1.165) is 43.5 Å². The highest BCUT2D eigenvalue weighted by Crippen LogP contribution is 2.35. The van der Waals surface area contributed by atoms with Gasteiger partial charge in [0.05, 0.1) is 6.61 Å². The number of hydrogen-bond donors (Lipinski definition) is 2. The number of hydroxylamine groups is 1. The molecule has 13 heteroatoms. The highest BCUT2D eigenvalue weighted by Gasteiger charge is 2.55. The molecule has 220 valence electrons. The van der Waals surface area contributed by atoms with Gasteiger partial charge in [-0.25, -0.2) is 18.7 Å². The summed E-state index contributed by atoms with van der Waals surface area (Å²) in [5.74, 6) is -0.117. The van der Waals surface area contributed by atoms with Crippen LogP contribution in [0.2, 0.25) is 0 Å². The van der Waals surface area contributed by atoms with Gasteiger partial charge in [0.25, 0.3) is 5.91 Å². The van der Waals surface area contributed by atoms with Crippen molar-refractivity contribution in [3.63, 3.8) is 0 Å². The summed E-state index contributed by atoms with van der Waals surface area (Å²) < 4.78 is 33.0. The molecule has 3 amide bonds. The molecule has 0 unspecified atom stereocenters. The van der Waals surface area contributed by atoms with Gasteiger partial charge in [0.15, 0.2) is 4.75 Å². The van der Waals surface area contributed by atoms with E-state index in [1.165, 1.54) is 4.31 Å². The number of amides is 3. The van der Waals surface area contributed by atoms with Crippen molar-refractivity contribution in [3.05, 3.63) is 24.3 Å². The quantitative estimate of drug-likeness (QED) is 0.272. The van der Waals surface area contributed by atoms with Crippen LogP contribution in [0.5, 0.6) is 5.75 Å². The summed E-state index contributed by atoms with van der Waals surface area (Å²) in [6.45, 7) is 5.91. The van der Waals surface area contributed by atoms with Crippen LogP contribution in [0, 0.1) is 0 Å². The Balaban J connectivity index is 0.00000420. The summed E-state index contributed by atoms with van der Waals surface area (Å²) in [6, 6.07) is 7.69. The molecule has 0 aliphatic carbocycles. The average Bonchev–Trinajstić information content (AvgIpc) is 2.97. The minimum absolute atomic E-state index is 0. The second-order valence-electron chi connectivity index (χ2n) is 10.3. The number of hydrogen-bond acceptors (Lipinski definition) is 7. The molecule has 3 aliphatic heterocycles. The van der Waals surface area contributed by atoms with Crippen LogP contribution >= 0.6 is 12.4 Å². The number of piperidine rings is 2. The molecule has 3 heterocycles. The van der Waals surface area contributed by atoms with Gasteiger partial charge in [-0.1, -0.05) is 13.3 Å². The monoisotopic (exact) mass is 587 g/mol. The summed E-state index contributed by atoms with van der Waals surface area (Å²) in [5, 5.41) is 9.48. The highest BCUT2D eigenvalue weighted by atomic mass is 35.5. The molecule has 3 fully saturated rings. The number of nitrogens with one attached hydrogen (secondary N) is 1. The fourth-order valence-electron chi connectivity index (χ4n) is 5.57. The number of halogens is 1. The number of urea groups is 1. The summed E-state index contributed by atoms with van der Waals surface area (Å²) in [7, 11) is -4.09. The van der Waals surface area contributed by atoms with Gasteiger partial charge < -0.3 is 19.4 Å². The normalized spacial score (nSPS) is 20.2. The minimum Gasteiger partial charge on any atom is -0.494 e. The molecule has 0 saturated carbocycles. The number of piperazine rings is 1. The number of unbranched alkanes of at least 4 members (excludes halogenated alkanes) is 1. The van der Waals surface area contributed by atoms with Crippen LogP contribution in [0.3, 0.4) is 0 Å². The van der Waals surface area contributed by atoms with Gasteiger partial charge in [0, 0.05) is 58.0 Å². The maximum Gasteiger partial charge on any atom is 0.319 e. The Morgan fingerprint density at radius 1 is 0.923 bits per heavy atom. The first-order chi connectivity index (χ1) is 18.3. The maximum absolute atomic E-state index is 13.9. The minimum atomic E-state index is -4.09. The van der Waals surface area contributed by atoms with E-state index >= 15 is 0 Å². The van der Waals surface area contributed by atoms with Crippen LogP contribution in [0.15, 0.2) is 24.3 Å². The lowest BCUT2D eigenvalue weighted by atomic mass is 9.95. The van der Waals surface area contributed by atoms with E-state index in [4.69, 9.17) is 4.74 Å². The van der Waals surface area contributed by atoms with Crippen molar-refractivity contribution >= 4 is 40.1 Å². The van der Waals surface area contributed by atoms with Crippen LogP contribution in [0.25, 0.3) is 0 Å². The topological polar surface area (TPSA) is 123 Å². The molecular weight excluding hydrogens is 546 g/mol. The van der Waals surface area contributed by atoms with E-state index in [0.29, 0.717) is 32.8 Å². The molecule has 1 aromatic carbocycles. The molecule has 39 heavy (non-hydrogen) atoms. The van der Waals surface area contributed by atoms with E-state index in [2.05, 4.69) is 11.8 Å². The van der Waals surface area contributed by atoms with Crippen molar-refractivity contribution in [2.24, 2.45) is 0 Å². The van der Waals surface area contributed by atoms with E-state index in [1.807, 2.05) is 24.3 Å². The zero-order valence-electron chi connectivity index (χ0n) is 22.7. The van der Waals surface area contributed by atoms with Gasteiger partial charge >= 0.3 is 6.03 Å². The molecule has 2 N–H and O–H groups in total. The largest absolute Gasteiger partial charge is 0.494 e. The van der Waals surface area contributed by atoms with Crippen molar-refractivity contribution in [2.45, 2.75) is 56.6 Å². The van der Waals surface area contributed by atoms with Gasteiger partial charge in [0.2, 0.25) is 10.0 Å². The number of anilines is 1. The highest BCUT2D eigenvalue weighted by molar-refractivity contribution is 7.91. The first-order valence-corrected chi connectivity index (χ1v) is 15.2. The standard InChI is InChI=1S/C26H41N5O6S.ClH/c1-2-3-21-37-23-9-7-22(8-10-23)28-17-19-31(20-18-28)38(35,36)26(24(32)27-34)11-15-30(16-12-26)25(33)29-13-5-4-6-14-29;/h7-10,34H,2-6,11-21H2,1H3,(H,27,32);1H. The summed E-state index contributed by atoms with van der Waals surface area (Å²) in [4.78, 5) is 31.4. The second kappa shape index (κ2) is 13.9. The molecule has 0 radical (unpaired) electrons. The number of nitrogens with zero attached hydrogens (tertiary/aromatic N) is 4. The number of carbonyl (C=O) groups is 2. The number of ether oxygens (including phenoxy) is 1. The molecule has 3 saturated heterocycles. The summed E-state index contributed by atoms with van der Waals surface area (Å²) >= 11 is 0. The Bertz CT molecular complexity index is 1050. The van der Waals surface area contributed by atoms with Gasteiger partial charge in [0.1, 0.15) is 5.75 Å². The predicted octanol–water partition coefficient (Wildman–Crippen LogP) is 2.69. The molecular formula is C26H42ClN5O6S. The SMILES string of the molecule is CCCCOc1ccc(N2CCN(S(=O)(=O)C3(C(=O)NO)CCN(C(=O)N4CCCCC4)CC3)CC2)cc1.Cl. The van der Waals surface area contributed by atoms with Crippen molar-refractivity contribution in [1.29, 1.82) is 0 Å². The van der Waals surface area contributed by atoms with Crippen LogP contribution < -0.4 is 15.1 Å². The fourth-order valence-corrected chi connectivity index (χ4v) is 7.69. The Labute approximate surface area is 237 Å². The number of carbonyl (C=O) groups excluding carboxylic acids is 2. The third-order valence-electron chi connectivity index (χ3n) is 8.02. The first-order valence-electron chi connectivity index (χ1n) is 13.8. The zero-order chi connectivity index (χ0) is 27.2. The lowest BCUT2D eigenvalue weighted by molar-refractivity contribution is -0.133. The molecule has 0 spiro atoms. The Morgan fingerprint density at radius 2 is 1.51 bits per heavy atom. The average molecular weight is 588 g/mol. The molecule has 11 nitrogen and oxygen atoms in total. The van der Waals surface area contributed by atoms with Crippen LogP contribution in [-0.2, 0) is 14.8 Å². The van der Waals surface area contributed by atoms with Gasteiger partial charge in [-0.15, -0.1) is 12.4 Å². The number of likely N-dealkylation sites (tertiary alicyclic amines) is 2. The van der Waals surface area contributed by atoms with Crippen LogP contribution in [0.4, 0.5) is 10.5 Å². The second-order valence-corrected chi connectivity index (χ2v) is 12.6. The van der Waals surface area contributed by atoms with Crippen molar-refractivity contribution in [3.8, 4) is 5.75 Å². The Hall–Kier alpha value is -2.28. The predicted molar refractivity (Wildman–Crippen MR) is 151 cm³/mol. The van der Waals surface area contributed by atoms with Crippen molar-refractivity contribution in [1.82, 2.24) is 19.6 Å². The fraction of sp³-hybridized carbons (Fsp3) is 0.692. The maximum atomic E-state index is 13.9. The Morgan fingerprint density at radius 3 is 2.08 bits per heavy atom. The van der Waals surface area contributed by atoms with E-state index in [-0.39, 0.29) is 57.5 Å². The lowest BCUT2D eigenvalue weighted by Gasteiger charge is -2.44. The molecule has 4 rings (SSSR count). The summed E-state index contributed by atoms with van der Waals surface area (Å²) in [5.41, 5.74) is 2.59. The zero-order valence-corrected chi connectivity index (χ0v) is 24.3. The smallest absolute Gasteiger partial charge is 0.319 e. The Kier molecular flexibility index (Phi) is 11.1. The van der Waals surface area contributed by atoms with E-state index in [9.17, 15) is 23.2 Å². The van der Waals surface area contributed by atoms with Gasteiger partial charge in [-0.2, -0.15) is 4.31 Å². The third-order valence-corrected chi connectivity index (χ3v) is 10.7. The van der Waals surface area contributed by atoms with Gasteiger partial charge in [-0.3, -0.25) is 10.0 Å². The molecule has 3 aliphatic rings. The number of rotatable bonds is 8. The third kappa shape index (κ3) is 6.72. The lowest BCUT2D eigenvalue weighted by Crippen LogP contribution is -2.64. The van der Waals surface area contributed by atoms with Crippen molar-refractivity contribution < 1.29 is 28.0 Å². The van der Waals surface area contributed by atoms with Crippen LogP contribution in [0.1, 0.15) is 51.9 Å². The van der Waals surface area contributed by atoms with E-state index in [1.54, 1.807) is 15.3 Å². The molecule has 0 atom stereocenters. The molecule has 0 aromatic heterocycles. The first kappa shape index (κ1) is 31.3. The van der Waals surface area contributed by atoms with Gasteiger partial charge in [-0.05, 0) is 62.8 Å². The van der Waals surface area contributed by atoms with Crippen molar-refractivity contribution in [2.75, 3.05) is 63.9 Å².